The highest BCUT2D eigenvalue weighted by molar-refractivity contribution is 6.31. The molecule has 2 aromatic rings. The number of hydrogen-bond donors (Lipinski definition) is 3. The van der Waals surface area contributed by atoms with E-state index in [1.165, 1.54) is 12.1 Å². The highest BCUT2D eigenvalue weighted by Gasteiger charge is 2.21. The van der Waals surface area contributed by atoms with Crippen LogP contribution in [0.1, 0.15) is 29.6 Å². The van der Waals surface area contributed by atoms with E-state index < -0.39 is 12.1 Å². The molecule has 2 unspecified atom stereocenters. The second-order valence-corrected chi connectivity index (χ2v) is 7.03. The third kappa shape index (κ3) is 6.21. The Morgan fingerprint density at radius 3 is 2.50 bits per heavy atom. The van der Waals surface area contributed by atoms with E-state index in [2.05, 4.69) is 10.6 Å². The number of nitrogens with zero attached hydrogens (tertiary/aromatic N) is 1. The first-order chi connectivity index (χ1) is 13.3. The molecule has 2 atom stereocenters. The number of benzene rings is 2. The number of primary amides is 1. The summed E-state index contributed by atoms with van der Waals surface area (Å²) in [6.45, 7) is 0.279. The number of likely N-dealkylation sites (N-methyl/N-ethyl adjacent to an activating group) is 1. The standard InChI is InChI=1S/C20H24ClFN4O2/c1-26(2)18(13-6-5-7-14(22)10-13)12-24-19(27)11-17(25-20(23)28)15-8-3-4-9-16(15)21/h3-10,17-18H,11-12H2,1-2H3,(H,24,27)(H3,23,25,28). The van der Waals surface area contributed by atoms with Crippen molar-refractivity contribution in [3.63, 3.8) is 0 Å². The quantitative estimate of drug-likeness (QED) is 0.629. The van der Waals surface area contributed by atoms with Crippen molar-refractivity contribution in [2.45, 2.75) is 18.5 Å². The molecular formula is C20H24ClFN4O2. The largest absolute Gasteiger partial charge is 0.354 e. The lowest BCUT2D eigenvalue weighted by molar-refractivity contribution is -0.121. The zero-order valence-electron chi connectivity index (χ0n) is 15.8. The predicted molar refractivity (Wildman–Crippen MR) is 107 cm³/mol. The molecule has 0 bridgehead atoms. The van der Waals surface area contributed by atoms with Crippen LogP contribution in [0.5, 0.6) is 0 Å². The molecule has 6 nitrogen and oxygen atoms in total. The molecule has 28 heavy (non-hydrogen) atoms. The summed E-state index contributed by atoms with van der Waals surface area (Å²) in [6.07, 6.45) is -0.0318. The molecule has 0 saturated heterocycles. The van der Waals surface area contributed by atoms with Gasteiger partial charge in [0, 0.05) is 11.6 Å². The maximum absolute atomic E-state index is 13.5. The Morgan fingerprint density at radius 1 is 1.18 bits per heavy atom. The molecule has 0 aliphatic rings. The molecule has 2 rings (SSSR count). The monoisotopic (exact) mass is 406 g/mol. The molecule has 2 aromatic carbocycles. The molecule has 0 saturated carbocycles. The molecule has 0 radical (unpaired) electrons. The minimum absolute atomic E-state index is 0.0318. The topological polar surface area (TPSA) is 87.5 Å². The van der Waals surface area contributed by atoms with Crippen molar-refractivity contribution in [1.29, 1.82) is 0 Å². The van der Waals surface area contributed by atoms with Crippen LogP contribution in [0.3, 0.4) is 0 Å². The van der Waals surface area contributed by atoms with E-state index in [0.717, 1.165) is 5.56 Å². The van der Waals surface area contributed by atoms with Gasteiger partial charge in [-0.1, -0.05) is 41.9 Å². The summed E-state index contributed by atoms with van der Waals surface area (Å²) >= 11 is 6.18. The Kier molecular flexibility index (Phi) is 7.78. The third-order valence-corrected chi connectivity index (χ3v) is 4.68. The SMILES string of the molecule is CN(C)C(CNC(=O)CC(NC(N)=O)c1ccccc1Cl)c1cccc(F)c1. The highest BCUT2D eigenvalue weighted by atomic mass is 35.5. The molecule has 3 amide bonds. The summed E-state index contributed by atoms with van der Waals surface area (Å²) < 4.78 is 13.5. The number of amides is 3. The smallest absolute Gasteiger partial charge is 0.312 e. The van der Waals surface area contributed by atoms with Crippen LogP contribution in [0.15, 0.2) is 48.5 Å². The first kappa shape index (κ1) is 21.7. The number of nitrogens with two attached hydrogens (primary N) is 1. The fourth-order valence-electron chi connectivity index (χ4n) is 2.95. The second kappa shape index (κ2) is 10.1. The van der Waals surface area contributed by atoms with E-state index in [-0.39, 0.29) is 30.7 Å². The summed E-state index contributed by atoms with van der Waals surface area (Å²) in [7, 11) is 3.70. The van der Waals surface area contributed by atoms with Gasteiger partial charge in [0.05, 0.1) is 18.5 Å². The third-order valence-electron chi connectivity index (χ3n) is 4.34. The second-order valence-electron chi connectivity index (χ2n) is 6.63. The molecule has 0 heterocycles. The lowest BCUT2D eigenvalue weighted by Crippen LogP contribution is -2.39. The lowest BCUT2D eigenvalue weighted by Gasteiger charge is -2.26. The van der Waals surface area contributed by atoms with Gasteiger partial charge in [0.2, 0.25) is 5.91 Å². The Morgan fingerprint density at radius 2 is 1.89 bits per heavy atom. The average molecular weight is 407 g/mol. The maximum atomic E-state index is 13.5. The molecule has 0 aliphatic heterocycles. The van der Waals surface area contributed by atoms with Crippen molar-refractivity contribution in [1.82, 2.24) is 15.5 Å². The summed E-state index contributed by atoms with van der Waals surface area (Å²) in [4.78, 5) is 25.7. The van der Waals surface area contributed by atoms with Gasteiger partial charge in [-0.3, -0.25) is 4.79 Å². The van der Waals surface area contributed by atoms with E-state index in [4.69, 9.17) is 17.3 Å². The van der Waals surface area contributed by atoms with Crippen LogP contribution in [-0.4, -0.2) is 37.5 Å². The van der Waals surface area contributed by atoms with Crippen LogP contribution >= 0.6 is 11.6 Å². The Bertz CT molecular complexity index is 831. The number of rotatable bonds is 8. The Balaban J connectivity index is 2.07. The maximum Gasteiger partial charge on any atom is 0.312 e. The van der Waals surface area contributed by atoms with Gasteiger partial charge in [0.25, 0.3) is 0 Å². The fraction of sp³-hybridized carbons (Fsp3) is 0.300. The molecule has 8 heteroatoms. The van der Waals surface area contributed by atoms with Crippen LogP contribution in [0.4, 0.5) is 9.18 Å². The minimum atomic E-state index is -0.747. The van der Waals surface area contributed by atoms with Crippen LogP contribution < -0.4 is 16.4 Å². The molecule has 0 aliphatic carbocycles. The van der Waals surface area contributed by atoms with Gasteiger partial charge < -0.3 is 21.3 Å². The van der Waals surface area contributed by atoms with Crippen LogP contribution in [0.25, 0.3) is 0 Å². The van der Waals surface area contributed by atoms with Crippen molar-refractivity contribution >= 4 is 23.5 Å². The zero-order chi connectivity index (χ0) is 20.7. The molecule has 150 valence electrons. The van der Waals surface area contributed by atoms with Crippen molar-refractivity contribution in [3.05, 3.63) is 70.5 Å². The van der Waals surface area contributed by atoms with E-state index >= 15 is 0 Å². The first-order valence-corrected chi connectivity index (χ1v) is 9.14. The van der Waals surface area contributed by atoms with Crippen molar-refractivity contribution in [2.75, 3.05) is 20.6 Å². The molecule has 0 aromatic heterocycles. The van der Waals surface area contributed by atoms with Gasteiger partial charge >= 0.3 is 6.03 Å². The number of carbonyl (C=O) groups is 2. The van der Waals surface area contributed by atoms with Crippen molar-refractivity contribution in [2.24, 2.45) is 5.73 Å². The van der Waals surface area contributed by atoms with E-state index in [1.54, 1.807) is 36.4 Å². The van der Waals surface area contributed by atoms with Crippen molar-refractivity contribution in [3.8, 4) is 0 Å². The number of urea groups is 1. The molecular weight excluding hydrogens is 383 g/mol. The minimum Gasteiger partial charge on any atom is -0.354 e. The predicted octanol–water partition coefficient (Wildman–Crippen LogP) is 3.00. The van der Waals surface area contributed by atoms with Gasteiger partial charge in [0.1, 0.15) is 5.82 Å². The van der Waals surface area contributed by atoms with E-state index in [0.29, 0.717) is 10.6 Å². The molecule has 4 N–H and O–H groups in total. The summed E-state index contributed by atoms with van der Waals surface area (Å²) in [5.41, 5.74) is 6.60. The lowest BCUT2D eigenvalue weighted by atomic mass is 10.0. The van der Waals surface area contributed by atoms with Gasteiger partial charge in [-0.05, 0) is 43.4 Å². The Hall–Kier alpha value is -2.64. The summed E-state index contributed by atoms with van der Waals surface area (Å²) in [5, 5.41) is 5.82. The van der Waals surface area contributed by atoms with Crippen molar-refractivity contribution < 1.29 is 14.0 Å². The first-order valence-electron chi connectivity index (χ1n) is 8.77. The summed E-state index contributed by atoms with van der Waals surface area (Å²) in [5.74, 6) is -0.623. The summed E-state index contributed by atoms with van der Waals surface area (Å²) in [6, 6.07) is 11.6. The normalized spacial score (nSPS) is 13.0. The van der Waals surface area contributed by atoms with Crippen LogP contribution in [0.2, 0.25) is 5.02 Å². The van der Waals surface area contributed by atoms with E-state index in [9.17, 15) is 14.0 Å². The number of hydrogen-bond acceptors (Lipinski definition) is 3. The average Bonchev–Trinajstić information content (AvgIpc) is 2.61. The number of carbonyl (C=O) groups excluding carboxylic acids is 2. The fourth-order valence-corrected chi connectivity index (χ4v) is 3.22. The number of halogens is 2. The van der Waals surface area contributed by atoms with Gasteiger partial charge in [0.15, 0.2) is 0 Å². The van der Waals surface area contributed by atoms with Gasteiger partial charge in [-0.15, -0.1) is 0 Å². The number of nitrogens with one attached hydrogen (secondary N) is 2. The zero-order valence-corrected chi connectivity index (χ0v) is 16.5. The van der Waals surface area contributed by atoms with Crippen LogP contribution in [0, 0.1) is 5.82 Å². The molecule has 0 fully saturated rings. The van der Waals surface area contributed by atoms with E-state index in [1.807, 2.05) is 19.0 Å². The van der Waals surface area contributed by atoms with Crippen LogP contribution in [-0.2, 0) is 4.79 Å². The van der Waals surface area contributed by atoms with Gasteiger partial charge in [-0.2, -0.15) is 0 Å². The highest BCUT2D eigenvalue weighted by Crippen LogP contribution is 2.25. The van der Waals surface area contributed by atoms with Gasteiger partial charge in [-0.25, -0.2) is 9.18 Å². The Labute approximate surface area is 168 Å². The molecule has 0 spiro atoms.